The summed E-state index contributed by atoms with van der Waals surface area (Å²) in [6, 6.07) is 1.81. The van der Waals surface area contributed by atoms with Crippen LogP contribution in [0.15, 0.2) is 16.2 Å². The number of rotatable bonds is 4. The molecule has 2 rings (SSSR count). The fourth-order valence-corrected chi connectivity index (χ4v) is 2.87. The van der Waals surface area contributed by atoms with E-state index in [0.29, 0.717) is 16.0 Å². The predicted molar refractivity (Wildman–Crippen MR) is 84.3 cm³/mol. The molecule has 2 aromatic heterocycles. The van der Waals surface area contributed by atoms with Gasteiger partial charge in [0.15, 0.2) is 0 Å². The molecule has 0 saturated carbocycles. The van der Waals surface area contributed by atoms with Crippen molar-refractivity contribution in [3.05, 3.63) is 27.6 Å². The highest BCUT2D eigenvalue weighted by Gasteiger charge is 2.22. The SMILES string of the molecule is CC(C)C(Br)C(=O)N(C)Cc1nc2ccsc2c(=O)[nH]1. The summed E-state index contributed by atoms with van der Waals surface area (Å²) < 4.78 is 0.614. The Morgan fingerprint density at radius 1 is 1.55 bits per heavy atom. The number of alkyl halides is 1. The Balaban J connectivity index is 2.19. The molecule has 1 amide bonds. The van der Waals surface area contributed by atoms with Crippen LogP contribution >= 0.6 is 27.3 Å². The fourth-order valence-electron chi connectivity index (χ4n) is 1.79. The van der Waals surface area contributed by atoms with Crippen molar-refractivity contribution in [2.75, 3.05) is 7.05 Å². The van der Waals surface area contributed by atoms with Crippen molar-refractivity contribution >= 4 is 43.4 Å². The van der Waals surface area contributed by atoms with E-state index in [1.807, 2.05) is 25.3 Å². The number of carbonyl (C=O) groups excluding carboxylic acids is 1. The normalized spacial score (nSPS) is 12.8. The average molecular weight is 358 g/mol. The van der Waals surface area contributed by atoms with Crippen LogP contribution in [0, 0.1) is 5.92 Å². The molecule has 5 nitrogen and oxygen atoms in total. The van der Waals surface area contributed by atoms with Gasteiger partial charge in [-0.3, -0.25) is 9.59 Å². The molecule has 7 heteroatoms. The predicted octanol–water partition coefficient (Wildman–Crippen LogP) is 2.36. The lowest BCUT2D eigenvalue weighted by molar-refractivity contribution is -0.130. The Morgan fingerprint density at radius 2 is 2.25 bits per heavy atom. The number of fused-ring (bicyclic) bond motifs is 1. The van der Waals surface area contributed by atoms with E-state index in [1.165, 1.54) is 11.3 Å². The van der Waals surface area contributed by atoms with Crippen LogP contribution in [0.5, 0.6) is 0 Å². The highest BCUT2D eigenvalue weighted by molar-refractivity contribution is 9.10. The van der Waals surface area contributed by atoms with Gasteiger partial charge in [0.25, 0.3) is 5.56 Å². The van der Waals surface area contributed by atoms with Gasteiger partial charge in [-0.2, -0.15) is 0 Å². The minimum absolute atomic E-state index is 0.0203. The van der Waals surface area contributed by atoms with Gasteiger partial charge in [0.2, 0.25) is 5.91 Å². The first-order valence-corrected chi connectivity index (χ1v) is 8.05. The summed E-state index contributed by atoms with van der Waals surface area (Å²) in [7, 11) is 1.71. The molecule has 0 spiro atoms. The number of hydrogen-bond donors (Lipinski definition) is 1. The van der Waals surface area contributed by atoms with E-state index >= 15 is 0 Å². The fraction of sp³-hybridized carbons (Fsp3) is 0.462. The smallest absolute Gasteiger partial charge is 0.268 e. The summed E-state index contributed by atoms with van der Waals surface area (Å²) in [5.74, 6) is 0.685. The van der Waals surface area contributed by atoms with Crippen molar-refractivity contribution in [2.45, 2.75) is 25.2 Å². The number of aromatic amines is 1. The molecule has 0 fully saturated rings. The van der Waals surface area contributed by atoms with Crippen molar-refractivity contribution in [3.63, 3.8) is 0 Å². The van der Waals surface area contributed by atoms with Crippen LogP contribution in [0.4, 0.5) is 0 Å². The molecule has 0 saturated heterocycles. The molecule has 1 N–H and O–H groups in total. The first-order chi connectivity index (χ1) is 9.40. The number of nitrogens with one attached hydrogen (secondary N) is 1. The van der Waals surface area contributed by atoms with Gasteiger partial charge in [-0.15, -0.1) is 11.3 Å². The third-order valence-corrected chi connectivity index (χ3v) is 5.30. The zero-order valence-corrected chi connectivity index (χ0v) is 13.9. The number of aromatic nitrogens is 2. The van der Waals surface area contributed by atoms with Gasteiger partial charge in [0.05, 0.1) is 16.9 Å². The maximum atomic E-state index is 12.1. The molecule has 2 heterocycles. The molecular formula is C13H16BrN3O2S. The van der Waals surface area contributed by atoms with Crippen molar-refractivity contribution < 1.29 is 4.79 Å². The minimum atomic E-state index is -0.232. The van der Waals surface area contributed by atoms with Crippen LogP contribution in [0.1, 0.15) is 19.7 Å². The van der Waals surface area contributed by atoms with E-state index in [2.05, 4.69) is 25.9 Å². The molecule has 0 aliphatic heterocycles. The van der Waals surface area contributed by atoms with Crippen molar-refractivity contribution in [2.24, 2.45) is 5.92 Å². The summed E-state index contributed by atoms with van der Waals surface area (Å²) in [4.78, 5) is 32.4. The van der Waals surface area contributed by atoms with Crippen LogP contribution in [-0.2, 0) is 11.3 Å². The highest BCUT2D eigenvalue weighted by Crippen LogP contribution is 2.16. The maximum Gasteiger partial charge on any atom is 0.268 e. The number of halogens is 1. The lowest BCUT2D eigenvalue weighted by Gasteiger charge is -2.21. The summed E-state index contributed by atoms with van der Waals surface area (Å²) in [5.41, 5.74) is 0.522. The highest BCUT2D eigenvalue weighted by atomic mass is 79.9. The second-order valence-corrected chi connectivity index (χ2v) is 6.89. The van der Waals surface area contributed by atoms with Crippen LogP contribution in [0.3, 0.4) is 0 Å². The van der Waals surface area contributed by atoms with Crippen molar-refractivity contribution in [1.29, 1.82) is 0 Å². The van der Waals surface area contributed by atoms with Crippen molar-refractivity contribution in [1.82, 2.24) is 14.9 Å². The maximum absolute atomic E-state index is 12.1. The lowest BCUT2D eigenvalue weighted by Crippen LogP contribution is -2.36. The Labute approximate surface area is 129 Å². The number of carbonyl (C=O) groups is 1. The van der Waals surface area contributed by atoms with Gasteiger partial charge < -0.3 is 9.88 Å². The molecular weight excluding hydrogens is 342 g/mol. The topological polar surface area (TPSA) is 66.1 Å². The third-order valence-electron chi connectivity index (χ3n) is 2.95. The molecule has 2 aromatic rings. The van der Waals surface area contributed by atoms with Crippen LogP contribution in [0.2, 0.25) is 0 Å². The standard InChI is InChI=1S/C13H16BrN3O2S/c1-7(2)10(14)13(19)17(3)6-9-15-8-4-5-20-11(8)12(18)16-9/h4-5,7,10H,6H2,1-3H3,(H,15,16,18). The summed E-state index contributed by atoms with van der Waals surface area (Å²) in [5, 5.41) is 1.83. The Bertz CT molecular complexity index is 680. The molecule has 1 atom stereocenters. The Hall–Kier alpha value is -1.21. The number of H-pyrrole nitrogens is 1. The number of amides is 1. The van der Waals surface area contributed by atoms with E-state index in [-0.39, 0.29) is 28.8 Å². The molecule has 0 aliphatic rings. The molecule has 0 aliphatic carbocycles. The van der Waals surface area contributed by atoms with Crippen LogP contribution < -0.4 is 5.56 Å². The second-order valence-electron chi connectivity index (χ2n) is 4.99. The van der Waals surface area contributed by atoms with E-state index in [4.69, 9.17) is 0 Å². The molecule has 0 radical (unpaired) electrons. The molecule has 1 unspecified atom stereocenters. The monoisotopic (exact) mass is 357 g/mol. The van der Waals surface area contributed by atoms with E-state index in [1.54, 1.807) is 11.9 Å². The largest absolute Gasteiger partial charge is 0.337 e. The molecule has 0 bridgehead atoms. The second kappa shape index (κ2) is 6.05. The Morgan fingerprint density at radius 3 is 2.90 bits per heavy atom. The van der Waals surface area contributed by atoms with E-state index < -0.39 is 0 Å². The molecule has 108 valence electrons. The first-order valence-electron chi connectivity index (χ1n) is 6.25. The van der Waals surface area contributed by atoms with Gasteiger partial charge >= 0.3 is 0 Å². The number of nitrogens with zero attached hydrogens (tertiary/aromatic N) is 2. The number of thiophene rings is 1. The van der Waals surface area contributed by atoms with Gasteiger partial charge in [-0.25, -0.2) is 4.98 Å². The summed E-state index contributed by atoms with van der Waals surface area (Å²) >= 11 is 4.75. The summed E-state index contributed by atoms with van der Waals surface area (Å²) in [6.07, 6.45) is 0. The summed E-state index contributed by atoms with van der Waals surface area (Å²) in [6.45, 7) is 4.24. The van der Waals surface area contributed by atoms with Gasteiger partial charge in [-0.05, 0) is 17.4 Å². The number of hydrogen-bond acceptors (Lipinski definition) is 4. The van der Waals surface area contributed by atoms with Crippen molar-refractivity contribution in [3.8, 4) is 0 Å². The molecule has 20 heavy (non-hydrogen) atoms. The van der Waals surface area contributed by atoms with E-state index in [0.717, 1.165) is 0 Å². The van der Waals surface area contributed by atoms with Gasteiger partial charge in [0.1, 0.15) is 10.5 Å². The van der Waals surface area contributed by atoms with Gasteiger partial charge in [-0.1, -0.05) is 29.8 Å². The first kappa shape index (κ1) is 15.2. The van der Waals surface area contributed by atoms with Crippen LogP contribution in [0.25, 0.3) is 10.2 Å². The minimum Gasteiger partial charge on any atom is -0.337 e. The Kier molecular flexibility index (Phi) is 4.59. The quantitative estimate of drug-likeness (QED) is 0.854. The average Bonchev–Trinajstić information content (AvgIpc) is 2.85. The van der Waals surface area contributed by atoms with E-state index in [9.17, 15) is 9.59 Å². The zero-order valence-electron chi connectivity index (χ0n) is 11.5. The van der Waals surface area contributed by atoms with Gasteiger partial charge in [0, 0.05) is 7.05 Å². The van der Waals surface area contributed by atoms with Crippen LogP contribution in [-0.4, -0.2) is 32.6 Å². The third kappa shape index (κ3) is 3.09. The molecule has 0 aromatic carbocycles. The lowest BCUT2D eigenvalue weighted by atomic mass is 10.1. The zero-order chi connectivity index (χ0) is 14.9.